The molecule has 4 nitrogen and oxygen atoms in total. The fourth-order valence-electron chi connectivity index (χ4n) is 1.58. The minimum absolute atomic E-state index is 0.180. The van der Waals surface area contributed by atoms with Crippen molar-refractivity contribution in [1.82, 2.24) is 4.90 Å². The van der Waals surface area contributed by atoms with Crippen LogP contribution in [0.4, 0.5) is 0 Å². The predicted octanol–water partition coefficient (Wildman–Crippen LogP) is 1.39. The van der Waals surface area contributed by atoms with Crippen molar-refractivity contribution in [2.45, 2.75) is 20.3 Å². The monoisotopic (exact) mass is 235 g/mol. The number of amides is 1. The molecule has 0 atom stereocenters. The van der Waals surface area contributed by atoms with E-state index in [0.717, 1.165) is 16.7 Å². The van der Waals surface area contributed by atoms with Crippen LogP contribution in [0.5, 0.6) is 0 Å². The van der Waals surface area contributed by atoms with Gasteiger partial charge in [0.15, 0.2) is 0 Å². The van der Waals surface area contributed by atoms with Crippen molar-refractivity contribution in [2.75, 3.05) is 13.6 Å². The Hall–Kier alpha value is -1.84. The van der Waals surface area contributed by atoms with Gasteiger partial charge in [-0.05, 0) is 25.0 Å². The van der Waals surface area contributed by atoms with Crippen molar-refractivity contribution in [1.29, 1.82) is 0 Å². The number of benzene rings is 1. The molecule has 92 valence electrons. The first-order chi connectivity index (χ1) is 7.90. The molecule has 1 rings (SSSR count). The second-order valence-corrected chi connectivity index (χ2v) is 4.25. The summed E-state index contributed by atoms with van der Waals surface area (Å²) < 4.78 is 0. The number of aliphatic carboxylic acids is 1. The number of carboxylic acids is 1. The SMILES string of the molecule is Cc1ccc(C)c(CC(=O)N(C)CC(=O)O)c1. The number of hydrogen-bond acceptors (Lipinski definition) is 2. The normalized spacial score (nSPS) is 10.1. The summed E-state index contributed by atoms with van der Waals surface area (Å²) in [5.41, 5.74) is 3.10. The van der Waals surface area contributed by atoms with Gasteiger partial charge in [0, 0.05) is 7.05 Å². The molecular formula is C13H17NO3. The molecule has 0 spiro atoms. The van der Waals surface area contributed by atoms with Crippen LogP contribution in [0.15, 0.2) is 18.2 Å². The molecule has 0 bridgehead atoms. The molecular weight excluding hydrogens is 218 g/mol. The fraction of sp³-hybridized carbons (Fsp3) is 0.385. The zero-order chi connectivity index (χ0) is 13.0. The standard InChI is InChI=1S/C13H17NO3/c1-9-4-5-10(2)11(6-9)7-12(15)14(3)8-13(16)17/h4-6H,7-8H2,1-3H3,(H,16,17). The molecule has 0 aliphatic heterocycles. The summed E-state index contributed by atoms with van der Waals surface area (Å²) in [6.07, 6.45) is 0.247. The van der Waals surface area contributed by atoms with Crippen LogP contribution in [-0.2, 0) is 16.0 Å². The van der Waals surface area contributed by atoms with Crippen molar-refractivity contribution < 1.29 is 14.7 Å². The van der Waals surface area contributed by atoms with Gasteiger partial charge in [-0.1, -0.05) is 23.8 Å². The van der Waals surface area contributed by atoms with Gasteiger partial charge in [0.1, 0.15) is 6.54 Å². The minimum atomic E-state index is -0.998. The Bertz CT molecular complexity index is 440. The Labute approximate surface area is 101 Å². The van der Waals surface area contributed by atoms with Gasteiger partial charge in [-0.3, -0.25) is 9.59 Å². The third-order valence-electron chi connectivity index (χ3n) is 2.64. The molecule has 0 aliphatic rings. The predicted molar refractivity (Wildman–Crippen MR) is 64.9 cm³/mol. The average Bonchev–Trinajstić information content (AvgIpc) is 2.22. The van der Waals surface area contributed by atoms with Crippen LogP contribution >= 0.6 is 0 Å². The van der Waals surface area contributed by atoms with Gasteiger partial charge >= 0.3 is 5.97 Å². The molecule has 17 heavy (non-hydrogen) atoms. The van der Waals surface area contributed by atoms with Gasteiger partial charge < -0.3 is 10.0 Å². The van der Waals surface area contributed by atoms with Crippen LogP contribution in [0.25, 0.3) is 0 Å². The number of aryl methyl sites for hydroxylation is 2. The van der Waals surface area contributed by atoms with E-state index in [1.54, 1.807) is 0 Å². The molecule has 0 heterocycles. The van der Waals surface area contributed by atoms with Crippen molar-refractivity contribution in [3.63, 3.8) is 0 Å². The lowest BCUT2D eigenvalue weighted by Crippen LogP contribution is -2.33. The van der Waals surface area contributed by atoms with Gasteiger partial charge in [0.05, 0.1) is 6.42 Å². The smallest absolute Gasteiger partial charge is 0.323 e. The number of rotatable bonds is 4. The van der Waals surface area contributed by atoms with Gasteiger partial charge in [-0.25, -0.2) is 0 Å². The van der Waals surface area contributed by atoms with E-state index < -0.39 is 5.97 Å². The van der Waals surface area contributed by atoms with E-state index >= 15 is 0 Å². The van der Waals surface area contributed by atoms with E-state index in [0.29, 0.717) is 0 Å². The molecule has 1 aromatic rings. The molecule has 1 amide bonds. The van der Waals surface area contributed by atoms with E-state index in [1.807, 2.05) is 32.0 Å². The van der Waals surface area contributed by atoms with Gasteiger partial charge in [0.25, 0.3) is 0 Å². The topological polar surface area (TPSA) is 57.6 Å². The molecule has 1 N–H and O–H groups in total. The molecule has 1 aromatic carbocycles. The van der Waals surface area contributed by atoms with E-state index in [4.69, 9.17) is 5.11 Å². The Kier molecular flexibility index (Phi) is 4.26. The number of nitrogens with zero attached hydrogens (tertiary/aromatic N) is 1. The summed E-state index contributed by atoms with van der Waals surface area (Å²) in [6.45, 7) is 3.65. The molecule has 0 fully saturated rings. The second-order valence-electron chi connectivity index (χ2n) is 4.25. The van der Waals surface area contributed by atoms with Gasteiger partial charge in [-0.2, -0.15) is 0 Å². The molecule has 4 heteroatoms. The summed E-state index contributed by atoms with van der Waals surface area (Å²) in [5, 5.41) is 8.60. The fourth-order valence-corrected chi connectivity index (χ4v) is 1.58. The number of carbonyl (C=O) groups is 2. The van der Waals surface area contributed by atoms with Crippen LogP contribution in [0.1, 0.15) is 16.7 Å². The Morgan fingerprint density at radius 2 is 1.94 bits per heavy atom. The van der Waals surface area contributed by atoms with Crippen LogP contribution in [0.2, 0.25) is 0 Å². The van der Waals surface area contributed by atoms with Gasteiger partial charge in [0.2, 0.25) is 5.91 Å². The highest BCUT2D eigenvalue weighted by atomic mass is 16.4. The number of hydrogen-bond donors (Lipinski definition) is 1. The Morgan fingerprint density at radius 3 is 2.53 bits per heavy atom. The maximum atomic E-state index is 11.8. The first-order valence-electron chi connectivity index (χ1n) is 5.42. The first kappa shape index (κ1) is 13.2. The summed E-state index contributed by atoms with van der Waals surface area (Å²) in [6, 6.07) is 5.92. The summed E-state index contributed by atoms with van der Waals surface area (Å²) in [7, 11) is 1.50. The van der Waals surface area contributed by atoms with Crippen molar-refractivity contribution in [3.8, 4) is 0 Å². The van der Waals surface area contributed by atoms with Gasteiger partial charge in [-0.15, -0.1) is 0 Å². The lowest BCUT2D eigenvalue weighted by atomic mass is 10.0. The van der Waals surface area contributed by atoms with Crippen LogP contribution in [-0.4, -0.2) is 35.5 Å². The van der Waals surface area contributed by atoms with E-state index in [2.05, 4.69) is 0 Å². The molecule has 0 aromatic heterocycles. The highest BCUT2D eigenvalue weighted by molar-refractivity contribution is 5.83. The molecule has 0 unspecified atom stereocenters. The second kappa shape index (κ2) is 5.48. The first-order valence-corrected chi connectivity index (χ1v) is 5.42. The van der Waals surface area contributed by atoms with Crippen molar-refractivity contribution in [2.24, 2.45) is 0 Å². The third-order valence-corrected chi connectivity index (χ3v) is 2.64. The van der Waals surface area contributed by atoms with Crippen molar-refractivity contribution in [3.05, 3.63) is 34.9 Å². The van der Waals surface area contributed by atoms with E-state index in [9.17, 15) is 9.59 Å². The number of carboxylic acid groups (broad SMARTS) is 1. The average molecular weight is 235 g/mol. The quantitative estimate of drug-likeness (QED) is 0.858. The Morgan fingerprint density at radius 1 is 1.29 bits per heavy atom. The summed E-state index contributed by atoms with van der Waals surface area (Å²) in [5.74, 6) is -1.18. The summed E-state index contributed by atoms with van der Waals surface area (Å²) >= 11 is 0. The molecule has 0 aliphatic carbocycles. The third kappa shape index (κ3) is 3.90. The lowest BCUT2D eigenvalue weighted by molar-refractivity contribution is -0.143. The highest BCUT2D eigenvalue weighted by Crippen LogP contribution is 2.12. The lowest BCUT2D eigenvalue weighted by Gasteiger charge is -2.15. The van der Waals surface area contributed by atoms with Crippen LogP contribution < -0.4 is 0 Å². The molecule has 0 saturated carbocycles. The number of likely N-dealkylation sites (N-methyl/N-ethyl adjacent to an activating group) is 1. The maximum Gasteiger partial charge on any atom is 0.323 e. The minimum Gasteiger partial charge on any atom is -0.480 e. The van der Waals surface area contributed by atoms with E-state index in [-0.39, 0.29) is 18.9 Å². The molecule has 0 saturated heterocycles. The van der Waals surface area contributed by atoms with Crippen molar-refractivity contribution >= 4 is 11.9 Å². The highest BCUT2D eigenvalue weighted by Gasteiger charge is 2.13. The largest absolute Gasteiger partial charge is 0.480 e. The molecule has 0 radical (unpaired) electrons. The van der Waals surface area contributed by atoms with Crippen LogP contribution in [0.3, 0.4) is 0 Å². The zero-order valence-electron chi connectivity index (χ0n) is 10.4. The maximum absolute atomic E-state index is 11.8. The van der Waals surface area contributed by atoms with Crippen LogP contribution in [0, 0.1) is 13.8 Å². The van der Waals surface area contributed by atoms with E-state index in [1.165, 1.54) is 11.9 Å². The zero-order valence-corrected chi connectivity index (χ0v) is 10.4. The number of carbonyl (C=O) groups excluding carboxylic acids is 1. The summed E-state index contributed by atoms with van der Waals surface area (Å²) in [4.78, 5) is 23.5. The Balaban J connectivity index is 2.73.